The van der Waals surface area contributed by atoms with Crippen LogP contribution in [0.25, 0.3) is 0 Å². The molecule has 0 radical (unpaired) electrons. The molecule has 78 valence electrons. The molecule has 0 aromatic rings. The number of hydrogen-bond acceptors (Lipinski definition) is 3. The van der Waals surface area contributed by atoms with Crippen LogP contribution in [0.3, 0.4) is 0 Å². The largest absolute Gasteiger partial charge is 0.391 e. The number of alkyl halides is 3. The Hall–Kier alpha value is -0.620. The Bertz CT molecular complexity index is 156. The molecule has 0 aliphatic carbocycles. The van der Waals surface area contributed by atoms with Gasteiger partial charge in [0.05, 0.1) is 13.0 Å². The predicted molar refractivity (Wildman–Crippen MR) is 38.4 cm³/mol. The summed E-state index contributed by atoms with van der Waals surface area (Å²) in [5.74, 6) is -0.371. The van der Waals surface area contributed by atoms with Crippen LogP contribution in [0.4, 0.5) is 13.2 Å². The quantitative estimate of drug-likeness (QED) is 0.604. The summed E-state index contributed by atoms with van der Waals surface area (Å²) in [5, 5.41) is 0. The number of halogens is 3. The van der Waals surface area contributed by atoms with Gasteiger partial charge in [-0.15, -0.1) is 0 Å². The number of ether oxygens (including phenoxy) is 2. The van der Waals surface area contributed by atoms with Crippen molar-refractivity contribution in [3.63, 3.8) is 0 Å². The minimum absolute atomic E-state index is 0.133. The van der Waals surface area contributed by atoms with Crippen molar-refractivity contribution in [3.05, 3.63) is 0 Å². The van der Waals surface area contributed by atoms with Gasteiger partial charge in [-0.1, -0.05) is 0 Å². The number of carbonyl (C=O) groups is 1. The number of hydrogen-bond donors (Lipinski definition) is 0. The second-order valence-electron chi connectivity index (χ2n) is 2.39. The molecule has 0 aromatic heterocycles. The van der Waals surface area contributed by atoms with Gasteiger partial charge in [-0.05, 0) is 0 Å². The highest BCUT2D eigenvalue weighted by atomic mass is 19.4. The first-order valence-electron chi connectivity index (χ1n) is 3.61. The Morgan fingerprint density at radius 3 is 2.38 bits per heavy atom. The molecule has 3 nitrogen and oxygen atoms in total. The van der Waals surface area contributed by atoms with Crippen molar-refractivity contribution in [2.24, 2.45) is 0 Å². The first-order valence-corrected chi connectivity index (χ1v) is 3.61. The van der Waals surface area contributed by atoms with Gasteiger partial charge in [0, 0.05) is 7.11 Å². The molecule has 0 spiro atoms. The Balaban J connectivity index is 3.31. The molecule has 0 fully saturated rings. The van der Waals surface area contributed by atoms with Crippen molar-refractivity contribution in [1.82, 2.24) is 0 Å². The molecule has 0 aromatic carbocycles. The third-order valence-corrected chi connectivity index (χ3v) is 1.10. The molecular formula is C7H11F3O3. The summed E-state index contributed by atoms with van der Waals surface area (Å²) in [4.78, 5) is 10.6. The lowest BCUT2D eigenvalue weighted by Gasteiger charge is -2.06. The Kier molecular flexibility index (Phi) is 5.65. The van der Waals surface area contributed by atoms with E-state index in [4.69, 9.17) is 0 Å². The molecule has 0 bridgehead atoms. The summed E-state index contributed by atoms with van der Waals surface area (Å²) in [5.41, 5.74) is 0. The summed E-state index contributed by atoms with van der Waals surface area (Å²) in [6, 6.07) is 0. The molecule has 0 amide bonds. The van der Waals surface area contributed by atoms with Crippen LogP contribution in [-0.2, 0) is 14.3 Å². The number of methoxy groups -OCH3 is 1. The average molecular weight is 200 g/mol. The molecule has 0 aliphatic heterocycles. The highest BCUT2D eigenvalue weighted by Crippen LogP contribution is 2.18. The maximum absolute atomic E-state index is 11.5. The molecule has 0 N–H and O–H groups in total. The molecule has 0 unspecified atom stereocenters. The molecule has 0 atom stereocenters. The first-order chi connectivity index (χ1) is 5.95. The molecule has 0 saturated carbocycles. The Morgan fingerprint density at radius 2 is 1.92 bits per heavy atom. The smallest absolute Gasteiger partial charge is 0.377 e. The monoisotopic (exact) mass is 200 g/mol. The van der Waals surface area contributed by atoms with Gasteiger partial charge in [-0.2, -0.15) is 13.2 Å². The van der Waals surface area contributed by atoms with E-state index in [0.717, 1.165) is 0 Å². The zero-order valence-corrected chi connectivity index (χ0v) is 7.19. The van der Waals surface area contributed by atoms with Crippen molar-refractivity contribution in [1.29, 1.82) is 0 Å². The summed E-state index contributed by atoms with van der Waals surface area (Å²) >= 11 is 0. The van der Waals surface area contributed by atoms with Gasteiger partial charge in [0.2, 0.25) is 0 Å². The van der Waals surface area contributed by atoms with Crippen molar-refractivity contribution in [2.75, 3.05) is 26.9 Å². The lowest BCUT2D eigenvalue weighted by atomic mass is 10.4. The molecule has 0 saturated heterocycles. The fourth-order valence-electron chi connectivity index (χ4n) is 0.577. The second kappa shape index (κ2) is 5.93. The zero-order valence-electron chi connectivity index (χ0n) is 7.19. The summed E-state index contributed by atoms with van der Waals surface area (Å²) in [6.45, 7) is -0.950. The van der Waals surface area contributed by atoms with Crippen molar-refractivity contribution < 1.29 is 27.4 Å². The second-order valence-corrected chi connectivity index (χ2v) is 2.39. The number of rotatable bonds is 6. The SMILES string of the molecule is COCC(=O)COCCC(F)(F)F. The van der Waals surface area contributed by atoms with Gasteiger partial charge in [0.1, 0.15) is 13.2 Å². The van der Waals surface area contributed by atoms with E-state index in [1.54, 1.807) is 0 Å². The third-order valence-electron chi connectivity index (χ3n) is 1.10. The van der Waals surface area contributed by atoms with Crippen LogP contribution in [0.15, 0.2) is 0 Å². The third kappa shape index (κ3) is 9.29. The fourth-order valence-corrected chi connectivity index (χ4v) is 0.577. The van der Waals surface area contributed by atoms with Crippen LogP contribution in [0.2, 0.25) is 0 Å². The molecule has 0 aliphatic rings. The van der Waals surface area contributed by atoms with Gasteiger partial charge in [0.25, 0.3) is 0 Å². The van der Waals surface area contributed by atoms with E-state index in [1.165, 1.54) is 7.11 Å². The van der Waals surface area contributed by atoms with Crippen LogP contribution in [0.1, 0.15) is 6.42 Å². The summed E-state index contributed by atoms with van der Waals surface area (Å²) in [7, 11) is 1.33. The molecule has 6 heteroatoms. The van der Waals surface area contributed by atoms with Crippen molar-refractivity contribution in [3.8, 4) is 0 Å². The number of Topliss-reactive ketones (excluding diaryl/α,β-unsaturated/α-hetero) is 1. The predicted octanol–water partition coefficient (Wildman–Crippen LogP) is 1.17. The van der Waals surface area contributed by atoms with E-state index in [1.807, 2.05) is 0 Å². The Labute approximate surface area is 73.8 Å². The van der Waals surface area contributed by atoms with Crippen LogP contribution < -0.4 is 0 Å². The van der Waals surface area contributed by atoms with Crippen LogP contribution in [-0.4, -0.2) is 38.9 Å². The van der Waals surface area contributed by atoms with Gasteiger partial charge >= 0.3 is 6.18 Å². The normalized spacial score (nSPS) is 11.7. The van der Waals surface area contributed by atoms with Gasteiger partial charge in [-0.3, -0.25) is 4.79 Å². The van der Waals surface area contributed by atoms with Crippen LogP contribution in [0.5, 0.6) is 0 Å². The van der Waals surface area contributed by atoms with E-state index in [-0.39, 0.29) is 19.0 Å². The lowest BCUT2D eigenvalue weighted by Crippen LogP contribution is -2.17. The minimum atomic E-state index is -4.23. The van der Waals surface area contributed by atoms with E-state index in [9.17, 15) is 18.0 Å². The van der Waals surface area contributed by atoms with Crippen LogP contribution >= 0.6 is 0 Å². The van der Waals surface area contributed by atoms with Crippen molar-refractivity contribution >= 4 is 5.78 Å². The molecule has 0 rings (SSSR count). The maximum Gasteiger partial charge on any atom is 0.391 e. The van der Waals surface area contributed by atoms with E-state index < -0.39 is 19.2 Å². The average Bonchev–Trinajstić information content (AvgIpc) is 1.97. The highest BCUT2D eigenvalue weighted by molar-refractivity contribution is 5.80. The molecule has 13 heavy (non-hydrogen) atoms. The fraction of sp³-hybridized carbons (Fsp3) is 0.857. The van der Waals surface area contributed by atoms with Crippen LogP contribution in [0, 0.1) is 0 Å². The first kappa shape index (κ1) is 12.4. The summed E-state index contributed by atoms with van der Waals surface area (Å²) in [6.07, 6.45) is -5.27. The van der Waals surface area contributed by atoms with E-state index >= 15 is 0 Å². The highest BCUT2D eigenvalue weighted by Gasteiger charge is 2.26. The van der Waals surface area contributed by atoms with Gasteiger partial charge in [-0.25, -0.2) is 0 Å². The maximum atomic E-state index is 11.5. The molecular weight excluding hydrogens is 189 g/mol. The van der Waals surface area contributed by atoms with Crippen molar-refractivity contribution in [2.45, 2.75) is 12.6 Å². The molecule has 0 heterocycles. The Morgan fingerprint density at radius 1 is 1.31 bits per heavy atom. The lowest BCUT2D eigenvalue weighted by molar-refractivity contribution is -0.148. The van der Waals surface area contributed by atoms with E-state index in [2.05, 4.69) is 9.47 Å². The summed E-state index contributed by atoms with van der Waals surface area (Å²) < 4.78 is 43.5. The topological polar surface area (TPSA) is 35.5 Å². The minimum Gasteiger partial charge on any atom is -0.377 e. The van der Waals surface area contributed by atoms with E-state index in [0.29, 0.717) is 0 Å². The van der Waals surface area contributed by atoms with Gasteiger partial charge in [0.15, 0.2) is 5.78 Å². The number of carbonyl (C=O) groups excluding carboxylic acids is 1. The zero-order chi connectivity index (χ0) is 10.3. The van der Waals surface area contributed by atoms with Gasteiger partial charge < -0.3 is 9.47 Å². The number of ketones is 1. The standard InChI is InChI=1S/C7H11F3O3/c1-12-4-6(11)5-13-3-2-7(8,9)10/h2-5H2,1H3.